The second-order valence-corrected chi connectivity index (χ2v) is 4.64. The van der Waals surface area contributed by atoms with Crippen LogP contribution in [0.1, 0.15) is 28.4 Å². The molecule has 2 rings (SSSR count). The van der Waals surface area contributed by atoms with E-state index >= 15 is 0 Å². The van der Waals surface area contributed by atoms with E-state index in [1.54, 1.807) is 0 Å². The Bertz CT molecular complexity index is 568. The van der Waals surface area contributed by atoms with Crippen molar-refractivity contribution in [3.63, 3.8) is 0 Å². The fraction of sp³-hybridized carbons (Fsp3) is 0.200. The summed E-state index contributed by atoms with van der Waals surface area (Å²) in [6.07, 6.45) is -10.3. The second-order valence-electron chi connectivity index (χ2n) is 4.64. The molecular formula is C15H10F6O. The minimum absolute atomic E-state index is 0.160. The molecule has 0 atom stereocenters. The molecule has 0 aliphatic carbocycles. The third-order valence-corrected chi connectivity index (χ3v) is 3.11. The first-order chi connectivity index (χ1) is 10.1. The summed E-state index contributed by atoms with van der Waals surface area (Å²) < 4.78 is 74.6. The number of aliphatic hydroxyl groups is 1. The molecule has 2 aromatic rings. The van der Waals surface area contributed by atoms with Crippen LogP contribution >= 0.6 is 0 Å². The molecule has 0 saturated heterocycles. The van der Waals surface area contributed by atoms with Gasteiger partial charge in [-0.05, 0) is 35.4 Å². The molecule has 0 aromatic heterocycles. The summed E-state index contributed by atoms with van der Waals surface area (Å²) in [5.74, 6) is 0. The highest BCUT2D eigenvalue weighted by Gasteiger charge is 2.31. The maximum Gasteiger partial charge on any atom is 0.416 e. The quantitative estimate of drug-likeness (QED) is 0.788. The predicted molar refractivity (Wildman–Crippen MR) is 66.9 cm³/mol. The summed E-state index contributed by atoms with van der Waals surface area (Å²) in [6.45, 7) is 0. The van der Waals surface area contributed by atoms with Crippen LogP contribution in [-0.4, -0.2) is 5.11 Å². The molecule has 0 spiro atoms. The maximum absolute atomic E-state index is 12.4. The first kappa shape index (κ1) is 16.4. The van der Waals surface area contributed by atoms with E-state index in [4.69, 9.17) is 0 Å². The Morgan fingerprint density at radius 3 is 1.09 bits per heavy atom. The Labute approximate surface area is 121 Å². The monoisotopic (exact) mass is 320 g/mol. The lowest BCUT2D eigenvalue weighted by Crippen LogP contribution is -2.07. The smallest absolute Gasteiger partial charge is 0.384 e. The van der Waals surface area contributed by atoms with Crippen LogP contribution in [0.2, 0.25) is 0 Å². The Morgan fingerprint density at radius 2 is 0.864 bits per heavy atom. The molecule has 0 saturated carbocycles. The van der Waals surface area contributed by atoms with Crippen molar-refractivity contribution in [2.75, 3.05) is 0 Å². The maximum atomic E-state index is 12.4. The van der Waals surface area contributed by atoms with Gasteiger partial charge in [-0.3, -0.25) is 0 Å². The van der Waals surface area contributed by atoms with E-state index in [0.717, 1.165) is 48.5 Å². The van der Waals surface area contributed by atoms with Crippen molar-refractivity contribution >= 4 is 0 Å². The number of hydrogen-bond donors (Lipinski definition) is 1. The number of benzene rings is 2. The minimum Gasteiger partial charge on any atom is -0.384 e. The van der Waals surface area contributed by atoms with E-state index in [9.17, 15) is 31.4 Å². The van der Waals surface area contributed by atoms with Gasteiger partial charge in [0.15, 0.2) is 0 Å². The summed E-state index contributed by atoms with van der Waals surface area (Å²) in [6, 6.07) is 7.59. The normalized spacial score (nSPS) is 12.7. The molecule has 22 heavy (non-hydrogen) atoms. The van der Waals surface area contributed by atoms with Crippen LogP contribution < -0.4 is 0 Å². The predicted octanol–water partition coefficient (Wildman–Crippen LogP) is 4.81. The van der Waals surface area contributed by atoms with Gasteiger partial charge in [-0.15, -0.1) is 0 Å². The van der Waals surface area contributed by atoms with E-state index in [1.807, 2.05) is 0 Å². The van der Waals surface area contributed by atoms with Crippen molar-refractivity contribution in [2.24, 2.45) is 0 Å². The van der Waals surface area contributed by atoms with Crippen LogP contribution in [0.25, 0.3) is 0 Å². The molecule has 0 heterocycles. The summed E-state index contributed by atoms with van der Waals surface area (Å²) in [5.41, 5.74) is -1.41. The zero-order valence-corrected chi connectivity index (χ0v) is 10.9. The standard InChI is InChI=1S/C15H10F6O/c16-14(17,18)11-5-1-9(2-6-11)13(22)10-3-7-12(8-4-10)15(19,20)21/h1-8,13,22H. The lowest BCUT2D eigenvalue weighted by atomic mass is 9.99. The average Bonchev–Trinajstić information content (AvgIpc) is 2.45. The highest BCUT2D eigenvalue weighted by atomic mass is 19.4. The van der Waals surface area contributed by atoms with Gasteiger partial charge in [-0.2, -0.15) is 26.3 Å². The van der Waals surface area contributed by atoms with Gasteiger partial charge in [-0.1, -0.05) is 24.3 Å². The Balaban J connectivity index is 2.23. The van der Waals surface area contributed by atoms with Crippen molar-refractivity contribution in [3.8, 4) is 0 Å². The topological polar surface area (TPSA) is 20.2 Å². The molecular weight excluding hydrogens is 310 g/mol. The highest BCUT2D eigenvalue weighted by molar-refractivity contribution is 5.34. The molecule has 2 aromatic carbocycles. The summed E-state index contributed by atoms with van der Waals surface area (Å²) >= 11 is 0. The molecule has 1 N–H and O–H groups in total. The number of rotatable bonds is 2. The third-order valence-electron chi connectivity index (χ3n) is 3.11. The van der Waals surface area contributed by atoms with E-state index in [2.05, 4.69) is 0 Å². The van der Waals surface area contributed by atoms with E-state index in [0.29, 0.717) is 0 Å². The van der Waals surface area contributed by atoms with Gasteiger partial charge in [0.1, 0.15) is 6.10 Å². The minimum atomic E-state index is -4.49. The lowest BCUT2D eigenvalue weighted by Gasteiger charge is -2.14. The molecule has 0 unspecified atom stereocenters. The molecule has 0 aliphatic rings. The van der Waals surface area contributed by atoms with Gasteiger partial charge in [0.05, 0.1) is 11.1 Å². The van der Waals surface area contributed by atoms with Crippen LogP contribution in [0.4, 0.5) is 26.3 Å². The number of alkyl halides is 6. The van der Waals surface area contributed by atoms with Crippen molar-refractivity contribution in [3.05, 3.63) is 70.8 Å². The summed E-state index contributed by atoms with van der Waals surface area (Å²) in [5, 5.41) is 10.0. The van der Waals surface area contributed by atoms with Gasteiger partial charge in [0.25, 0.3) is 0 Å². The van der Waals surface area contributed by atoms with Crippen LogP contribution in [0.5, 0.6) is 0 Å². The van der Waals surface area contributed by atoms with Crippen LogP contribution in [-0.2, 0) is 12.4 Å². The van der Waals surface area contributed by atoms with E-state index in [1.165, 1.54) is 0 Å². The lowest BCUT2D eigenvalue weighted by molar-refractivity contribution is -0.138. The van der Waals surface area contributed by atoms with Gasteiger partial charge < -0.3 is 5.11 Å². The third kappa shape index (κ3) is 3.59. The molecule has 7 heteroatoms. The first-order valence-electron chi connectivity index (χ1n) is 6.11. The molecule has 0 radical (unpaired) electrons. The molecule has 1 nitrogen and oxygen atoms in total. The highest BCUT2D eigenvalue weighted by Crippen LogP contribution is 2.33. The number of aliphatic hydroxyl groups excluding tert-OH is 1. The van der Waals surface area contributed by atoms with Crippen LogP contribution in [0, 0.1) is 0 Å². The Kier molecular flexibility index (Phi) is 4.19. The number of hydrogen-bond acceptors (Lipinski definition) is 1. The Morgan fingerprint density at radius 1 is 0.591 bits per heavy atom. The summed E-state index contributed by atoms with van der Waals surface area (Å²) in [7, 11) is 0. The fourth-order valence-electron chi connectivity index (χ4n) is 1.90. The van der Waals surface area contributed by atoms with E-state index in [-0.39, 0.29) is 11.1 Å². The molecule has 0 fully saturated rings. The van der Waals surface area contributed by atoms with Crippen LogP contribution in [0.15, 0.2) is 48.5 Å². The van der Waals surface area contributed by atoms with Crippen molar-refractivity contribution in [1.29, 1.82) is 0 Å². The molecule has 0 aliphatic heterocycles. The van der Waals surface area contributed by atoms with Gasteiger partial charge in [0.2, 0.25) is 0 Å². The van der Waals surface area contributed by atoms with Crippen molar-refractivity contribution in [1.82, 2.24) is 0 Å². The molecule has 0 amide bonds. The molecule has 0 bridgehead atoms. The second kappa shape index (κ2) is 5.64. The SMILES string of the molecule is OC(c1ccc(C(F)(F)F)cc1)c1ccc(C(F)(F)F)cc1. The van der Waals surface area contributed by atoms with Gasteiger partial charge in [0, 0.05) is 0 Å². The van der Waals surface area contributed by atoms with Crippen molar-refractivity contribution < 1.29 is 31.4 Å². The van der Waals surface area contributed by atoms with Crippen LogP contribution in [0.3, 0.4) is 0 Å². The fourth-order valence-corrected chi connectivity index (χ4v) is 1.90. The molecule has 118 valence electrons. The largest absolute Gasteiger partial charge is 0.416 e. The van der Waals surface area contributed by atoms with E-state index < -0.39 is 29.6 Å². The number of halogens is 6. The Hall–Kier alpha value is -2.02. The summed E-state index contributed by atoms with van der Waals surface area (Å²) in [4.78, 5) is 0. The zero-order chi connectivity index (χ0) is 16.5. The van der Waals surface area contributed by atoms with Gasteiger partial charge >= 0.3 is 12.4 Å². The first-order valence-corrected chi connectivity index (χ1v) is 6.11. The van der Waals surface area contributed by atoms with Crippen molar-refractivity contribution in [2.45, 2.75) is 18.5 Å². The average molecular weight is 320 g/mol. The van der Waals surface area contributed by atoms with Gasteiger partial charge in [-0.25, -0.2) is 0 Å². The zero-order valence-electron chi connectivity index (χ0n) is 10.9.